The molecular weight excluding hydrogens is 450 g/mol. The number of hydrogen-bond donors (Lipinski definition) is 7. The highest BCUT2D eigenvalue weighted by atomic mass is 32.2. The molecule has 6 unspecified atom stereocenters. The predicted octanol–water partition coefficient (Wildman–Crippen LogP) is -0.838. The van der Waals surface area contributed by atoms with E-state index in [0.717, 1.165) is 0 Å². The molecule has 3 amide bonds. The van der Waals surface area contributed by atoms with Crippen LogP contribution in [0.3, 0.4) is 0 Å². The second-order valence-corrected chi connectivity index (χ2v) is 9.15. The number of carbonyl (C=O) groups excluding carboxylic acids is 3. The van der Waals surface area contributed by atoms with Crippen LogP contribution in [0.1, 0.15) is 52.9 Å². The highest BCUT2D eigenvalue weighted by Gasteiger charge is 2.32. The van der Waals surface area contributed by atoms with Crippen LogP contribution >= 0.6 is 11.8 Å². The molecule has 33 heavy (non-hydrogen) atoms. The van der Waals surface area contributed by atoms with E-state index in [0.29, 0.717) is 31.6 Å². The predicted molar refractivity (Wildman–Crippen MR) is 128 cm³/mol. The van der Waals surface area contributed by atoms with E-state index < -0.39 is 54.0 Å². The van der Waals surface area contributed by atoms with Gasteiger partial charge in [-0.2, -0.15) is 11.8 Å². The number of rotatable bonds is 17. The van der Waals surface area contributed by atoms with Crippen molar-refractivity contribution in [1.82, 2.24) is 16.0 Å². The van der Waals surface area contributed by atoms with Gasteiger partial charge in [0.2, 0.25) is 17.7 Å². The van der Waals surface area contributed by atoms with Crippen molar-refractivity contribution in [2.75, 3.05) is 18.6 Å². The summed E-state index contributed by atoms with van der Waals surface area (Å²) in [6, 6.07) is -4.33. The van der Waals surface area contributed by atoms with Crippen molar-refractivity contribution in [3.63, 3.8) is 0 Å². The maximum absolute atomic E-state index is 12.9. The molecular formula is C21H41N5O6S. The molecule has 0 aromatic carbocycles. The molecule has 0 aliphatic rings. The molecule has 0 bridgehead atoms. The third kappa shape index (κ3) is 11.7. The first kappa shape index (κ1) is 31.1. The molecule has 0 rings (SSSR count). The Morgan fingerprint density at radius 1 is 0.939 bits per heavy atom. The third-order valence-electron chi connectivity index (χ3n) is 5.43. The summed E-state index contributed by atoms with van der Waals surface area (Å²) in [6.45, 7) is 5.45. The van der Waals surface area contributed by atoms with Gasteiger partial charge >= 0.3 is 5.97 Å². The quantitative estimate of drug-likeness (QED) is 0.127. The van der Waals surface area contributed by atoms with Gasteiger partial charge in [0.25, 0.3) is 0 Å². The maximum Gasteiger partial charge on any atom is 0.326 e. The summed E-state index contributed by atoms with van der Waals surface area (Å²) < 4.78 is 0. The third-order valence-corrected chi connectivity index (χ3v) is 6.07. The molecule has 192 valence electrons. The van der Waals surface area contributed by atoms with Crippen molar-refractivity contribution in [3.05, 3.63) is 0 Å². The Kier molecular flexibility index (Phi) is 15.7. The summed E-state index contributed by atoms with van der Waals surface area (Å²) in [5.74, 6) is -2.72. The number of aliphatic hydroxyl groups is 1. The van der Waals surface area contributed by atoms with E-state index >= 15 is 0 Å². The van der Waals surface area contributed by atoms with Crippen molar-refractivity contribution >= 4 is 35.5 Å². The average Bonchev–Trinajstić information content (AvgIpc) is 2.77. The number of nitrogens with one attached hydrogen (secondary N) is 3. The van der Waals surface area contributed by atoms with Gasteiger partial charge in [-0.15, -0.1) is 0 Å². The normalized spacial score (nSPS) is 16.6. The van der Waals surface area contributed by atoms with E-state index in [9.17, 15) is 29.4 Å². The number of thioether (sulfide) groups is 1. The summed E-state index contributed by atoms with van der Waals surface area (Å²) in [7, 11) is 0. The molecule has 0 heterocycles. The first-order valence-electron chi connectivity index (χ1n) is 11.3. The van der Waals surface area contributed by atoms with Gasteiger partial charge < -0.3 is 37.6 Å². The van der Waals surface area contributed by atoms with Gasteiger partial charge in [0.05, 0.1) is 12.1 Å². The number of nitrogens with two attached hydrogens (primary N) is 2. The lowest BCUT2D eigenvalue weighted by Crippen LogP contribution is -2.60. The van der Waals surface area contributed by atoms with E-state index in [1.165, 1.54) is 18.7 Å². The Bertz CT molecular complexity index is 636. The van der Waals surface area contributed by atoms with Crippen LogP contribution in [0.5, 0.6) is 0 Å². The van der Waals surface area contributed by atoms with Gasteiger partial charge in [0.1, 0.15) is 18.1 Å². The van der Waals surface area contributed by atoms with Crippen LogP contribution in [0.25, 0.3) is 0 Å². The Hall–Kier alpha value is -1.89. The molecule has 11 nitrogen and oxygen atoms in total. The van der Waals surface area contributed by atoms with Crippen molar-refractivity contribution in [2.24, 2.45) is 17.4 Å². The number of aliphatic carboxylic acids is 1. The van der Waals surface area contributed by atoms with Gasteiger partial charge in [-0.05, 0) is 57.1 Å². The van der Waals surface area contributed by atoms with Gasteiger partial charge in [-0.1, -0.05) is 20.3 Å². The Morgan fingerprint density at radius 2 is 1.55 bits per heavy atom. The van der Waals surface area contributed by atoms with Crippen LogP contribution in [-0.2, 0) is 19.2 Å². The molecule has 0 aliphatic carbocycles. The molecule has 0 saturated heterocycles. The van der Waals surface area contributed by atoms with E-state index in [1.807, 2.05) is 20.1 Å². The molecule has 12 heteroatoms. The van der Waals surface area contributed by atoms with Gasteiger partial charge in [0.15, 0.2) is 0 Å². The standard InChI is InChI=1S/C21H41N5O6S/c1-5-12(2)16(23)19(29)24-14(9-11-33-4)18(28)26-17(13(3)27)20(30)25-15(21(31)32)8-6-7-10-22/h12-17,27H,5-11,22-23H2,1-4H3,(H,24,29)(H,25,30)(H,26,28)(H,31,32). The summed E-state index contributed by atoms with van der Waals surface area (Å²) in [5, 5.41) is 26.9. The number of carboxylic acids is 1. The van der Waals surface area contributed by atoms with Crippen molar-refractivity contribution < 1.29 is 29.4 Å². The molecule has 0 radical (unpaired) electrons. The lowest BCUT2D eigenvalue weighted by atomic mass is 9.99. The van der Waals surface area contributed by atoms with Crippen LogP contribution < -0.4 is 27.4 Å². The van der Waals surface area contributed by atoms with E-state index in [-0.39, 0.29) is 18.8 Å². The molecule has 0 aromatic heterocycles. The SMILES string of the molecule is CCC(C)C(N)C(=O)NC(CCSC)C(=O)NC(C(=O)NC(CCCCN)C(=O)O)C(C)O. The number of carbonyl (C=O) groups is 4. The largest absolute Gasteiger partial charge is 0.480 e. The summed E-state index contributed by atoms with van der Waals surface area (Å²) >= 11 is 1.48. The minimum absolute atomic E-state index is 0.0857. The fourth-order valence-electron chi connectivity index (χ4n) is 2.96. The minimum atomic E-state index is -1.40. The summed E-state index contributed by atoms with van der Waals surface area (Å²) in [4.78, 5) is 49.5. The first-order chi connectivity index (χ1) is 15.5. The first-order valence-corrected chi connectivity index (χ1v) is 12.7. The second-order valence-electron chi connectivity index (χ2n) is 8.16. The fourth-order valence-corrected chi connectivity index (χ4v) is 3.43. The minimum Gasteiger partial charge on any atom is -0.480 e. The monoisotopic (exact) mass is 491 g/mol. The van der Waals surface area contributed by atoms with E-state index in [4.69, 9.17) is 11.5 Å². The molecule has 0 aliphatic heterocycles. The van der Waals surface area contributed by atoms with Crippen LogP contribution in [0.15, 0.2) is 0 Å². The zero-order chi connectivity index (χ0) is 25.6. The van der Waals surface area contributed by atoms with E-state index in [2.05, 4.69) is 16.0 Å². The van der Waals surface area contributed by atoms with Crippen LogP contribution in [-0.4, -0.2) is 82.7 Å². The zero-order valence-electron chi connectivity index (χ0n) is 20.0. The Labute approximate surface area is 200 Å². The van der Waals surface area contributed by atoms with Gasteiger partial charge in [-0.25, -0.2) is 4.79 Å². The Morgan fingerprint density at radius 3 is 2.03 bits per heavy atom. The van der Waals surface area contributed by atoms with Crippen molar-refractivity contribution in [1.29, 1.82) is 0 Å². The maximum atomic E-state index is 12.9. The van der Waals surface area contributed by atoms with Crippen LogP contribution in [0, 0.1) is 5.92 Å². The molecule has 6 atom stereocenters. The van der Waals surface area contributed by atoms with Crippen molar-refractivity contribution in [3.8, 4) is 0 Å². The topological polar surface area (TPSA) is 197 Å². The smallest absolute Gasteiger partial charge is 0.326 e. The highest BCUT2D eigenvalue weighted by Crippen LogP contribution is 2.08. The van der Waals surface area contributed by atoms with Crippen molar-refractivity contribution in [2.45, 2.75) is 83.1 Å². The number of amides is 3. The summed E-state index contributed by atoms with van der Waals surface area (Å²) in [6.07, 6.45) is 2.80. The average molecular weight is 492 g/mol. The fraction of sp³-hybridized carbons (Fsp3) is 0.810. The van der Waals surface area contributed by atoms with Gasteiger partial charge in [-0.3, -0.25) is 14.4 Å². The highest BCUT2D eigenvalue weighted by molar-refractivity contribution is 7.98. The molecule has 0 spiro atoms. The second kappa shape index (κ2) is 16.7. The lowest BCUT2D eigenvalue weighted by molar-refractivity contribution is -0.143. The van der Waals surface area contributed by atoms with Gasteiger partial charge in [0, 0.05) is 0 Å². The molecule has 9 N–H and O–H groups in total. The summed E-state index contributed by atoms with van der Waals surface area (Å²) in [5.41, 5.74) is 11.4. The van der Waals surface area contributed by atoms with Crippen LogP contribution in [0.4, 0.5) is 0 Å². The zero-order valence-corrected chi connectivity index (χ0v) is 20.8. The number of aliphatic hydroxyl groups excluding tert-OH is 1. The number of carboxylic acid groups (broad SMARTS) is 1. The number of hydrogen-bond acceptors (Lipinski definition) is 8. The molecule has 0 aromatic rings. The molecule has 0 fully saturated rings. The lowest BCUT2D eigenvalue weighted by Gasteiger charge is -2.27. The Balaban J connectivity index is 5.35. The van der Waals surface area contributed by atoms with E-state index in [1.54, 1.807) is 0 Å². The number of unbranched alkanes of at least 4 members (excludes halogenated alkanes) is 1. The molecule has 0 saturated carbocycles. The van der Waals surface area contributed by atoms with Crippen LogP contribution in [0.2, 0.25) is 0 Å².